The van der Waals surface area contributed by atoms with Gasteiger partial charge in [-0.1, -0.05) is 30.3 Å². The van der Waals surface area contributed by atoms with E-state index in [4.69, 9.17) is 0 Å². The maximum atomic E-state index is 11.3. The van der Waals surface area contributed by atoms with Crippen molar-refractivity contribution in [2.75, 3.05) is 18.6 Å². The van der Waals surface area contributed by atoms with Gasteiger partial charge < -0.3 is 10.4 Å². The first-order chi connectivity index (χ1) is 8.65. The van der Waals surface area contributed by atoms with Crippen LogP contribution in [0, 0.1) is 0 Å². The Morgan fingerprint density at radius 3 is 2.61 bits per heavy atom. The molecule has 0 aliphatic carbocycles. The van der Waals surface area contributed by atoms with Crippen molar-refractivity contribution in [1.29, 1.82) is 0 Å². The molecule has 0 heterocycles. The minimum atomic E-state index is -0.772. The summed E-state index contributed by atoms with van der Waals surface area (Å²) in [5.41, 5.74) is 0.856. The second-order valence-corrected chi connectivity index (χ2v) is 5.38. The molecule has 4 heteroatoms. The highest BCUT2D eigenvalue weighted by molar-refractivity contribution is 7.98. The third kappa shape index (κ3) is 5.10. The molecule has 0 bridgehead atoms. The number of hydrogen-bond acceptors (Lipinski definition) is 3. The summed E-state index contributed by atoms with van der Waals surface area (Å²) in [5, 5.41) is 12.6. The van der Waals surface area contributed by atoms with Crippen molar-refractivity contribution in [2.45, 2.75) is 25.3 Å². The molecule has 2 N–H and O–H groups in total. The zero-order valence-electron chi connectivity index (χ0n) is 10.9. The van der Waals surface area contributed by atoms with Crippen molar-refractivity contribution in [1.82, 2.24) is 5.32 Å². The summed E-state index contributed by atoms with van der Waals surface area (Å²) in [4.78, 5) is 11.3. The minimum Gasteiger partial charge on any atom is -0.481 e. The highest BCUT2D eigenvalue weighted by atomic mass is 32.2. The van der Waals surface area contributed by atoms with Crippen LogP contribution in [-0.4, -0.2) is 35.7 Å². The average Bonchev–Trinajstić information content (AvgIpc) is 2.37. The van der Waals surface area contributed by atoms with Crippen molar-refractivity contribution in [3.63, 3.8) is 0 Å². The number of nitrogens with one attached hydrogen (secondary N) is 1. The first kappa shape index (κ1) is 15.1. The summed E-state index contributed by atoms with van der Waals surface area (Å²) in [6, 6.07) is 9.74. The third-order valence-corrected chi connectivity index (χ3v) is 3.57. The highest BCUT2D eigenvalue weighted by Gasteiger charge is 2.19. The molecule has 0 radical (unpaired) electrons. The molecule has 1 aromatic carbocycles. The number of carboxylic acids is 1. The van der Waals surface area contributed by atoms with Gasteiger partial charge in [0.05, 0.1) is 5.92 Å². The van der Waals surface area contributed by atoms with Gasteiger partial charge in [0, 0.05) is 12.6 Å². The minimum absolute atomic E-state index is 0.350. The fourth-order valence-electron chi connectivity index (χ4n) is 1.75. The molecule has 0 fully saturated rings. The van der Waals surface area contributed by atoms with Gasteiger partial charge in [0.2, 0.25) is 0 Å². The molecule has 3 nitrogen and oxygen atoms in total. The second kappa shape index (κ2) is 8.16. The van der Waals surface area contributed by atoms with Gasteiger partial charge in [-0.2, -0.15) is 11.8 Å². The van der Waals surface area contributed by atoms with E-state index in [-0.39, 0.29) is 0 Å². The van der Waals surface area contributed by atoms with Gasteiger partial charge in [-0.15, -0.1) is 0 Å². The summed E-state index contributed by atoms with van der Waals surface area (Å²) in [6.45, 7) is 2.58. The smallest absolute Gasteiger partial charge is 0.312 e. The van der Waals surface area contributed by atoms with E-state index in [9.17, 15) is 9.90 Å². The predicted octanol–water partition coefficient (Wildman–Crippen LogP) is 2.59. The van der Waals surface area contributed by atoms with E-state index < -0.39 is 11.9 Å². The highest BCUT2D eigenvalue weighted by Crippen LogP contribution is 2.15. The molecule has 1 rings (SSSR count). The Balaban J connectivity index is 2.52. The second-order valence-electron chi connectivity index (χ2n) is 4.39. The largest absolute Gasteiger partial charge is 0.481 e. The maximum absolute atomic E-state index is 11.3. The van der Waals surface area contributed by atoms with E-state index in [0.29, 0.717) is 12.6 Å². The van der Waals surface area contributed by atoms with Gasteiger partial charge in [-0.3, -0.25) is 4.79 Å². The maximum Gasteiger partial charge on any atom is 0.312 e. The molecule has 2 unspecified atom stereocenters. The summed E-state index contributed by atoms with van der Waals surface area (Å²) in [6.07, 6.45) is 3.14. The van der Waals surface area contributed by atoms with E-state index in [1.807, 2.05) is 42.1 Å². The monoisotopic (exact) mass is 267 g/mol. The molecule has 100 valence electrons. The first-order valence-corrected chi connectivity index (χ1v) is 7.54. The summed E-state index contributed by atoms with van der Waals surface area (Å²) < 4.78 is 0. The number of carbonyl (C=O) groups is 1. The zero-order valence-corrected chi connectivity index (χ0v) is 11.7. The van der Waals surface area contributed by atoms with Crippen LogP contribution in [-0.2, 0) is 4.79 Å². The van der Waals surface area contributed by atoms with Crippen molar-refractivity contribution >= 4 is 17.7 Å². The summed E-state index contributed by atoms with van der Waals surface area (Å²) >= 11 is 1.81. The molecule has 0 saturated heterocycles. The van der Waals surface area contributed by atoms with Crippen LogP contribution < -0.4 is 5.32 Å². The van der Waals surface area contributed by atoms with Crippen LogP contribution in [0.15, 0.2) is 30.3 Å². The molecule has 2 atom stereocenters. The SMILES string of the molecule is CSCCC(C)NCC(C(=O)O)c1ccccc1. The lowest BCUT2D eigenvalue weighted by molar-refractivity contribution is -0.138. The quantitative estimate of drug-likeness (QED) is 0.760. The number of aliphatic carboxylic acids is 1. The van der Waals surface area contributed by atoms with E-state index >= 15 is 0 Å². The molecule has 0 amide bonds. The normalized spacial score (nSPS) is 14.1. The van der Waals surface area contributed by atoms with Crippen LogP contribution in [0.2, 0.25) is 0 Å². The van der Waals surface area contributed by atoms with Crippen molar-refractivity contribution < 1.29 is 9.90 Å². The molecule has 0 aromatic heterocycles. The van der Waals surface area contributed by atoms with Crippen LogP contribution in [0.25, 0.3) is 0 Å². The topological polar surface area (TPSA) is 49.3 Å². The summed E-state index contributed by atoms with van der Waals surface area (Å²) in [5.74, 6) is -0.147. The fraction of sp³-hybridized carbons (Fsp3) is 0.500. The lowest BCUT2D eigenvalue weighted by Crippen LogP contribution is -2.33. The Labute approximate surface area is 113 Å². The van der Waals surface area contributed by atoms with Gasteiger partial charge in [0.25, 0.3) is 0 Å². The molecule has 1 aromatic rings. The van der Waals surface area contributed by atoms with E-state index in [1.54, 1.807) is 0 Å². The van der Waals surface area contributed by atoms with Crippen molar-refractivity contribution in [3.05, 3.63) is 35.9 Å². The Hall–Kier alpha value is -1.00. The van der Waals surface area contributed by atoms with Crippen molar-refractivity contribution in [3.8, 4) is 0 Å². The summed E-state index contributed by atoms with van der Waals surface area (Å²) in [7, 11) is 0. The van der Waals surface area contributed by atoms with Crippen molar-refractivity contribution in [2.24, 2.45) is 0 Å². The standard InChI is InChI=1S/C14H21NO2S/c1-11(8-9-18-2)15-10-13(14(16)17)12-6-4-3-5-7-12/h3-7,11,13,15H,8-10H2,1-2H3,(H,16,17). The van der Waals surface area contributed by atoms with Crippen LogP contribution >= 0.6 is 11.8 Å². The lowest BCUT2D eigenvalue weighted by Gasteiger charge is -2.18. The number of thioether (sulfide) groups is 1. The fourth-order valence-corrected chi connectivity index (χ4v) is 2.34. The number of hydrogen-bond donors (Lipinski definition) is 2. The van der Waals surface area contributed by atoms with Gasteiger partial charge in [-0.25, -0.2) is 0 Å². The molecular formula is C14H21NO2S. The van der Waals surface area contributed by atoms with Crippen LogP contribution in [0.4, 0.5) is 0 Å². The van der Waals surface area contributed by atoms with Crippen LogP contribution in [0.5, 0.6) is 0 Å². The number of carboxylic acid groups (broad SMARTS) is 1. The molecule has 0 spiro atoms. The first-order valence-electron chi connectivity index (χ1n) is 6.15. The molecular weight excluding hydrogens is 246 g/mol. The van der Waals surface area contributed by atoms with Gasteiger partial charge in [0.15, 0.2) is 0 Å². The van der Waals surface area contributed by atoms with Gasteiger partial charge in [-0.05, 0) is 30.9 Å². The Kier molecular flexibility index (Phi) is 6.83. The Morgan fingerprint density at radius 1 is 1.39 bits per heavy atom. The molecule has 0 saturated carbocycles. The zero-order chi connectivity index (χ0) is 13.4. The predicted molar refractivity (Wildman–Crippen MR) is 77.3 cm³/mol. The lowest BCUT2D eigenvalue weighted by atomic mass is 9.99. The van der Waals surface area contributed by atoms with E-state index in [1.165, 1.54) is 0 Å². The van der Waals surface area contributed by atoms with Crippen LogP contribution in [0.3, 0.4) is 0 Å². The Morgan fingerprint density at radius 2 is 2.06 bits per heavy atom. The average molecular weight is 267 g/mol. The molecule has 0 aliphatic heterocycles. The molecule has 18 heavy (non-hydrogen) atoms. The third-order valence-electron chi connectivity index (χ3n) is 2.93. The van der Waals surface area contributed by atoms with Gasteiger partial charge >= 0.3 is 5.97 Å². The van der Waals surface area contributed by atoms with E-state index in [2.05, 4.69) is 18.5 Å². The van der Waals surface area contributed by atoms with Crippen LogP contribution in [0.1, 0.15) is 24.8 Å². The number of rotatable bonds is 8. The number of benzene rings is 1. The Bertz CT molecular complexity index is 356. The van der Waals surface area contributed by atoms with E-state index in [0.717, 1.165) is 17.7 Å². The van der Waals surface area contributed by atoms with Gasteiger partial charge in [0.1, 0.15) is 0 Å². The molecule has 0 aliphatic rings.